The second-order valence-corrected chi connectivity index (χ2v) is 9.24. The van der Waals surface area contributed by atoms with Gasteiger partial charge in [-0.3, -0.25) is 19.4 Å². The molecule has 2 aromatic rings. The van der Waals surface area contributed by atoms with Crippen LogP contribution in [-0.2, 0) is 9.53 Å². The van der Waals surface area contributed by atoms with E-state index < -0.39 is 11.1 Å². The molecule has 2 atom stereocenters. The lowest BCUT2D eigenvalue weighted by Gasteiger charge is -2.36. The molecule has 0 saturated carbocycles. The van der Waals surface area contributed by atoms with Gasteiger partial charge in [0, 0.05) is 6.61 Å². The van der Waals surface area contributed by atoms with Gasteiger partial charge in [-0.25, -0.2) is 4.39 Å². The smallest absolute Gasteiger partial charge is 0.270 e. The molecule has 0 aliphatic carbocycles. The van der Waals surface area contributed by atoms with Gasteiger partial charge in [-0.05, 0) is 44.4 Å². The van der Waals surface area contributed by atoms with E-state index in [1.54, 1.807) is 10.7 Å². The predicted molar refractivity (Wildman–Crippen MR) is 108 cm³/mol. The largest absolute Gasteiger partial charge is 0.375 e. The van der Waals surface area contributed by atoms with Gasteiger partial charge in [0.05, 0.1) is 33.2 Å². The topological polar surface area (TPSA) is 76.1 Å². The number of anilines is 1. The second kappa shape index (κ2) is 7.24. The SMILES string of the molecule is CC1(C)CC(n2[nH]c(=O)c3c2NC(=O)CSC3c2ccc(F)c(Cl)c2)CCO1. The fourth-order valence-corrected chi connectivity index (χ4v) is 5.18. The van der Waals surface area contributed by atoms with Crippen molar-refractivity contribution in [3.05, 3.63) is 50.5 Å². The molecular formula is C19H21ClFN3O3S. The quantitative estimate of drug-likeness (QED) is 0.765. The third kappa shape index (κ3) is 3.60. The number of amides is 1. The second-order valence-electron chi connectivity index (χ2n) is 7.74. The number of hydrogen-bond donors (Lipinski definition) is 2. The number of hydrogen-bond acceptors (Lipinski definition) is 4. The molecule has 2 N–H and O–H groups in total. The van der Waals surface area contributed by atoms with Crippen molar-refractivity contribution < 1.29 is 13.9 Å². The highest BCUT2D eigenvalue weighted by Crippen LogP contribution is 2.42. The van der Waals surface area contributed by atoms with Gasteiger partial charge in [0.2, 0.25) is 5.91 Å². The third-order valence-corrected chi connectivity index (χ3v) is 6.71. The van der Waals surface area contributed by atoms with Crippen molar-refractivity contribution in [3.63, 3.8) is 0 Å². The number of ether oxygens (including phenoxy) is 1. The molecule has 0 bridgehead atoms. The maximum absolute atomic E-state index is 13.6. The van der Waals surface area contributed by atoms with Gasteiger partial charge in [-0.15, -0.1) is 11.8 Å². The van der Waals surface area contributed by atoms with Crippen LogP contribution >= 0.6 is 23.4 Å². The van der Waals surface area contributed by atoms with Crippen LogP contribution in [0.5, 0.6) is 0 Å². The molecule has 3 heterocycles. The van der Waals surface area contributed by atoms with Gasteiger partial charge in [0.15, 0.2) is 0 Å². The van der Waals surface area contributed by atoms with Crippen LogP contribution < -0.4 is 10.9 Å². The summed E-state index contributed by atoms with van der Waals surface area (Å²) in [5.74, 6) is -0.0314. The van der Waals surface area contributed by atoms with Crippen LogP contribution in [0.3, 0.4) is 0 Å². The van der Waals surface area contributed by atoms with Crippen molar-refractivity contribution in [2.24, 2.45) is 0 Å². The number of aromatic amines is 1. The number of nitrogens with zero attached hydrogens (tertiary/aromatic N) is 1. The molecule has 1 aromatic carbocycles. The van der Waals surface area contributed by atoms with Crippen LogP contribution in [0.4, 0.5) is 10.2 Å². The molecule has 4 rings (SSSR count). The van der Waals surface area contributed by atoms with Crippen molar-refractivity contribution in [1.29, 1.82) is 0 Å². The Morgan fingerprint density at radius 2 is 2.14 bits per heavy atom. The molecule has 0 spiro atoms. The van der Waals surface area contributed by atoms with E-state index in [0.717, 1.165) is 6.42 Å². The van der Waals surface area contributed by atoms with Crippen LogP contribution in [0.1, 0.15) is 49.1 Å². The number of aromatic nitrogens is 2. The summed E-state index contributed by atoms with van der Waals surface area (Å²) < 4.78 is 21.2. The van der Waals surface area contributed by atoms with E-state index in [1.807, 2.05) is 13.8 Å². The summed E-state index contributed by atoms with van der Waals surface area (Å²) in [6, 6.07) is 4.40. The molecule has 1 fully saturated rings. The maximum Gasteiger partial charge on any atom is 0.270 e. The molecule has 0 radical (unpaired) electrons. The highest BCUT2D eigenvalue weighted by Gasteiger charge is 2.36. The van der Waals surface area contributed by atoms with E-state index in [-0.39, 0.29) is 33.9 Å². The Hall–Kier alpha value is -1.77. The number of halogens is 2. The number of carbonyl (C=O) groups excluding carboxylic acids is 1. The molecular weight excluding hydrogens is 405 g/mol. The van der Waals surface area contributed by atoms with Gasteiger partial charge in [0.25, 0.3) is 5.56 Å². The average molecular weight is 426 g/mol. The summed E-state index contributed by atoms with van der Waals surface area (Å²) in [5.41, 5.74) is 0.566. The zero-order chi connectivity index (χ0) is 20.1. The summed E-state index contributed by atoms with van der Waals surface area (Å²) >= 11 is 7.28. The minimum atomic E-state index is -0.519. The normalized spacial score (nSPS) is 24.4. The highest BCUT2D eigenvalue weighted by molar-refractivity contribution is 8.00. The van der Waals surface area contributed by atoms with Crippen molar-refractivity contribution in [2.45, 2.75) is 43.6 Å². The monoisotopic (exact) mass is 425 g/mol. The van der Waals surface area contributed by atoms with Crippen molar-refractivity contribution in [1.82, 2.24) is 9.78 Å². The van der Waals surface area contributed by atoms with E-state index in [9.17, 15) is 14.0 Å². The Labute approximate surface area is 170 Å². The Bertz CT molecular complexity index is 987. The van der Waals surface area contributed by atoms with Crippen LogP contribution in [0.25, 0.3) is 0 Å². The number of thioether (sulfide) groups is 1. The molecule has 28 heavy (non-hydrogen) atoms. The fourth-order valence-electron chi connectivity index (χ4n) is 3.88. The first-order chi connectivity index (χ1) is 13.2. The van der Waals surface area contributed by atoms with Crippen LogP contribution in [0.15, 0.2) is 23.0 Å². The number of rotatable bonds is 2. The van der Waals surface area contributed by atoms with Crippen LogP contribution in [0, 0.1) is 5.82 Å². The zero-order valence-corrected chi connectivity index (χ0v) is 17.1. The van der Waals surface area contributed by atoms with Gasteiger partial charge in [-0.2, -0.15) is 0 Å². The Morgan fingerprint density at radius 1 is 1.36 bits per heavy atom. The maximum atomic E-state index is 13.6. The lowest BCUT2D eigenvalue weighted by atomic mass is 9.94. The Morgan fingerprint density at radius 3 is 2.86 bits per heavy atom. The van der Waals surface area contributed by atoms with Crippen molar-refractivity contribution in [2.75, 3.05) is 17.7 Å². The van der Waals surface area contributed by atoms with Gasteiger partial charge < -0.3 is 10.1 Å². The summed E-state index contributed by atoms with van der Waals surface area (Å²) in [6.45, 7) is 4.60. The molecule has 2 aliphatic rings. The number of benzene rings is 1. The van der Waals surface area contributed by atoms with Gasteiger partial charge in [0.1, 0.15) is 11.6 Å². The molecule has 150 valence electrons. The fraction of sp³-hybridized carbons (Fsp3) is 0.474. The van der Waals surface area contributed by atoms with Crippen LogP contribution in [-0.4, -0.2) is 33.6 Å². The van der Waals surface area contributed by atoms with E-state index in [0.29, 0.717) is 30.0 Å². The van der Waals surface area contributed by atoms with Crippen molar-refractivity contribution in [3.8, 4) is 0 Å². The summed E-state index contributed by atoms with van der Waals surface area (Å²) in [6.07, 6.45) is 1.44. The van der Waals surface area contributed by atoms with Gasteiger partial charge in [-0.1, -0.05) is 17.7 Å². The Kier molecular flexibility index (Phi) is 5.05. The number of H-pyrrole nitrogens is 1. The average Bonchev–Trinajstić information content (AvgIpc) is 2.83. The summed E-state index contributed by atoms with van der Waals surface area (Å²) in [4.78, 5) is 25.2. The Balaban J connectivity index is 1.81. The lowest BCUT2D eigenvalue weighted by molar-refractivity contribution is -0.113. The van der Waals surface area contributed by atoms with E-state index >= 15 is 0 Å². The summed E-state index contributed by atoms with van der Waals surface area (Å²) in [7, 11) is 0. The lowest BCUT2D eigenvalue weighted by Crippen LogP contribution is -2.36. The first-order valence-electron chi connectivity index (χ1n) is 9.10. The predicted octanol–water partition coefficient (Wildman–Crippen LogP) is 3.87. The number of fused-ring (bicyclic) bond motifs is 1. The highest BCUT2D eigenvalue weighted by atomic mass is 35.5. The van der Waals surface area contributed by atoms with E-state index in [4.69, 9.17) is 16.3 Å². The first kappa shape index (κ1) is 19.5. The molecule has 1 aromatic heterocycles. The van der Waals surface area contributed by atoms with Crippen LogP contribution in [0.2, 0.25) is 5.02 Å². The molecule has 1 saturated heterocycles. The molecule has 2 aliphatic heterocycles. The number of carbonyl (C=O) groups is 1. The summed E-state index contributed by atoms with van der Waals surface area (Å²) in [5, 5.41) is 5.36. The molecule has 9 heteroatoms. The molecule has 1 amide bonds. The molecule has 2 unspecified atom stereocenters. The van der Waals surface area contributed by atoms with E-state index in [2.05, 4.69) is 10.4 Å². The minimum Gasteiger partial charge on any atom is -0.375 e. The van der Waals surface area contributed by atoms with Crippen molar-refractivity contribution >= 4 is 35.1 Å². The minimum absolute atomic E-state index is 0.000978. The first-order valence-corrected chi connectivity index (χ1v) is 10.5. The number of nitrogens with one attached hydrogen (secondary N) is 2. The third-order valence-electron chi connectivity index (χ3n) is 5.15. The molecule has 6 nitrogen and oxygen atoms in total. The van der Waals surface area contributed by atoms with Gasteiger partial charge >= 0.3 is 0 Å². The van der Waals surface area contributed by atoms with E-state index in [1.165, 1.54) is 23.9 Å². The standard InChI is InChI=1S/C19H21ClFN3O3S/c1-19(2)8-11(5-6-27-19)24-17-15(18(26)23-24)16(28-9-14(25)22-17)10-3-4-13(21)12(20)7-10/h3-4,7,11,16H,5-6,8-9H2,1-2H3,(H,22,25)(H,23,26). The zero-order valence-electron chi connectivity index (χ0n) is 15.6.